The molecule has 2 heterocycles. The number of fused-ring (bicyclic) bond motifs is 2. The highest BCUT2D eigenvalue weighted by Crippen LogP contribution is 2.22. The zero-order valence-electron chi connectivity index (χ0n) is 13.0. The number of ether oxygens (including phenoxy) is 1. The lowest BCUT2D eigenvalue weighted by Crippen LogP contribution is -2.15. The molecule has 0 fully saturated rings. The zero-order valence-corrected chi connectivity index (χ0v) is 13.8. The van der Waals surface area contributed by atoms with Crippen LogP contribution < -0.4 is 15.6 Å². The highest BCUT2D eigenvalue weighted by molar-refractivity contribution is 7.16. The number of pyridine rings is 1. The van der Waals surface area contributed by atoms with Crippen molar-refractivity contribution in [3.05, 3.63) is 63.9 Å². The van der Waals surface area contributed by atoms with Crippen LogP contribution in [0.15, 0.2) is 52.8 Å². The molecule has 0 unspecified atom stereocenters. The van der Waals surface area contributed by atoms with Crippen LogP contribution in [0, 0.1) is 0 Å². The van der Waals surface area contributed by atoms with E-state index in [4.69, 9.17) is 4.74 Å². The average molecular weight is 337 g/mol. The highest BCUT2D eigenvalue weighted by atomic mass is 32.1. The number of aromatic nitrogens is 2. The van der Waals surface area contributed by atoms with Crippen LogP contribution in [-0.4, -0.2) is 17.1 Å². The predicted molar refractivity (Wildman–Crippen MR) is 98.1 cm³/mol. The topological polar surface area (TPSA) is 67.0 Å². The number of hydrogen-bond acceptors (Lipinski definition) is 5. The van der Waals surface area contributed by atoms with Gasteiger partial charge in [-0.15, -0.1) is 11.3 Å². The van der Waals surface area contributed by atoms with E-state index in [0.717, 1.165) is 32.6 Å². The van der Waals surface area contributed by atoms with Crippen molar-refractivity contribution in [3.8, 4) is 5.75 Å². The summed E-state index contributed by atoms with van der Waals surface area (Å²) >= 11 is 1.60. The number of thiazole rings is 1. The van der Waals surface area contributed by atoms with E-state index in [1.165, 1.54) is 0 Å². The summed E-state index contributed by atoms with van der Waals surface area (Å²) in [5.74, 6) is 0.768. The van der Waals surface area contributed by atoms with Gasteiger partial charge in [0, 0.05) is 28.7 Å². The van der Waals surface area contributed by atoms with E-state index in [-0.39, 0.29) is 5.56 Å². The molecule has 4 rings (SSSR count). The molecular formula is C18H15N3O2S. The van der Waals surface area contributed by atoms with Crippen LogP contribution >= 0.6 is 11.3 Å². The lowest BCUT2D eigenvalue weighted by molar-refractivity contribution is 0.415. The van der Waals surface area contributed by atoms with E-state index in [2.05, 4.69) is 15.3 Å². The molecule has 0 bridgehead atoms. The molecule has 5 nitrogen and oxygen atoms in total. The minimum Gasteiger partial charge on any atom is -0.497 e. The Labute approximate surface area is 141 Å². The Balaban J connectivity index is 1.63. The average Bonchev–Trinajstić information content (AvgIpc) is 3.07. The summed E-state index contributed by atoms with van der Waals surface area (Å²) in [6.07, 6.45) is 0. The summed E-state index contributed by atoms with van der Waals surface area (Å²) in [6.45, 7) is 0.451. The molecule has 0 aliphatic carbocycles. The Kier molecular flexibility index (Phi) is 3.66. The molecule has 0 radical (unpaired) electrons. The predicted octanol–water partition coefficient (Wildman–Crippen LogP) is 3.76. The summed E-state index contributed by atoms with van der Waals surface area (Å²) in [5, 5.41) is 4.25. The lowest BCUT2D eigenvalue weighted by atomic mass is 10.1. The maximum absolute atomic E-state index is 12.2. The third kappa shape index (κ3) is 2.72. The second kappa shape index (κ2) is 5.98. The third-order valence-corrected chi connectivity index (χ3v) is 4.73. The zero-order chi connectivity index (χ0) is 16.5. The van der Waals surface area contributed by atoms with Gasteiger partial charge in [0.15, 0.2) is 0 Å². The molecule has 0 saturated carbocycles. The summed E-state index contributed by atoms with van der Waals surface area (Å²) in [5.41, 5.74) is 5.18. The Morgan fingerprint density at radius 3 is 3.00 bits per heavy atom. The molecule has 0 atom stereocenters. The van der Waals surface area contributed by atoms with Gasteiger partial charge in [-0.1, -0.05) is 0 Å². The SMILES string of the molecule is COc1ccc2[nH]c(=O)c(CNc3ccc4ncsc4c3)cc2c1. The fraction of sp³-hybridized carbons (Fsp3) is 0.111. The molecule has 0 spiro atoms. The maximum atomic E-state index is 12.2. The van der Waals surface area contributed by atoms with Crippen molar-refractivity contribution in [1.29, 1.82) is 0 Å². The number of nitrogens with zero attached hydrogens (tertiary/aromatic N) is 1. The summed E-state index contributed by atoms with van der Waals surface area (Å²) < 4.78 is 6.36. The number of methoxy groups -OCH3 is 1. The van der Waals surface area contributed by atoms with Crippen molar-refractivity contribution in [3.63, 3.8) is 0 Å². The quantitative estimate of drug-likeness (QED) is 0.595. The van der Waals surface area contributed by atoms with Gasteiger partial charge >= 0.3 is 0 Å². The number of rotatable bonds is 4. The lowest BCUT2D eigenvalue weighted by Gasteiger charge is -2.08. The van der Waals surface area contributed by atoms with E-state index in [1.54, 1.807) is 18.4 Å². The Bertz CT molecular complexity index is 1080. The highest BCUT2D eigenvalue weighted by Gasteiger charge is 2.05. The standard InChI is InChI=1S/C18H15N3O2S/c1-23-14-3-5-15-11(7-14)6-12(18(22)21-15)9-19-13-2-4-16-17(8-13)24-10-20-16/h2-8,10,19H,9H2,1H3,(H,21,22). The van der Waals surface area contributed by atoms with Gasteiger partial charge in [0.1, 0.15) is 5.75 Å². The first-order chi connectivity index (χ1) is 11.7. The third-order valence-electron chi connectivity index (χ3n) is 3.94. The van der Waals surface area contributed by atoms with E-state index >= 15 is 0 Å². The van der Waals surface area contributed by atoms with Gasteiger partial charge in [-0.3, -0.25) is 4.79 Å². The van der Waals surface area contributed by atoms with Gasteiger partial charge in [0.25, 0.3) is 5.56 Å². The molecule has 0 amide bonds. The molecule has 2 aromatic heterocycles. The largest absolute Gasteiger partial charge is 0.497 e. The first-order valence-corrected chi connectivity index (χ1v) is 8.38. The number of H-pyrrole nitrogens is 1. The van der Waals surface area contributed by atoms with Crippen LogP contribution in [0.4, 0.5) is 5.69 Å². The van der Waals surface area contributed by atoms with Gasteiger partial charge in [0.2, 0.25) is 0 Å². The molecular weight excluding hydrogens is 322 g/mol. The van der Waals surface area contributed by atoms with E-state index < -0.39 is 0 Å². The van der Waals surface area contributed by atoms with Crippen LogP contribution in [0.1, 0.15) is 5.56 Å². The van der Waals surface area contributed by atoms with E-state index in [1.807, 2.05) is 48.0 Å². The minimum absolute atomic E-state index is 0.0842. The maximum Gasteiger partial charge on any atom is 0.253 e. The summed E-state index contributed by atoms with van der Waals surface area (Å²) in [4.78, 5) is 19.4. The molecule has 120 valence electrons. The summed E-state index contributed by atoms with van der Waals surface area (Å²) in [7, 11) is 1.63. The van der Waals surface area contributed by atoms with E-state index in [0.29, 0.717) is 12.1 Å². The monoisotopic (exact) mass is 337 g/mol. The molecule has 24 heavy (non-hydrogen) atoms. The normalized spacial score (nSPS) is 11.0. The van der Waals surface area contributed by atoms with Crippen LogP contribution in [0.3, 0.4) is 0 Å². The second-order valence-corrected chi connectivity index (χ2v) is 6.35. The molecule has 2 N–H and O–H groups in total. The van der Waals surface area contributed by atoms with Crippen molar-refractivity contribution in [2.45, 2.75) is 6.54 Å². The van der Waals surface area contributed by atoms with Crippen molar-refractivity contribution in [1.82, 2.24) is 9.97 Å². The minimum atomic E-state index is -0.0842. The number of nitrogens with one attached hydrogen (secondary N) is 2. The number of aromatic amines is 1. The van der Waals surface area contributed by atoms with Crippen molar-refractivity contribution in [2.24, 2.45) is 0 Å². The van der Waals surface area contributed by atoms with Crippen LogP contribution in [-0.2, 0) is 6.54 Å². The van der Waals surface area contributed by atoms with Crippen LogP contribution in [0.2, 0.25) is 0 Å². The fourth-order valence-electron chi connectivity index (χ4n) is 2.65. The van der Waals surface area contributed by atoms with Crippen LogP contribution in [0.5, 0.6) is 5.75 Å². The number of hydrogen-bond donors (Lipinski definition) is 2. The molecule has 2 aromatic carbocycles. The Hall–Kier alpha value is -2.86. The van der Waals surface area contributed by atoms with Gasteiger partial charge in [-0.05, 0) is 42.5 Å². The smallest absolute Gasteiger partial charge is 0.253 e. The van der Waals surface area contributed by atoms with Crippen molar-refractivity contribution >= 4 is 38.1 Å². The molecule has 0 aliphatic heterocycles. The van der Waals surface area contributed by atoms with Gasteiger partial charge in [-0.25, -0.2) is 4.98 Å². The second-order valence-electron chi connectivity index (χ2n) is 5.47. The first kappa shape index (κ1) is 14.7. The number of benzene rings is 2. The van der Waals surface area contributed by atoms with Crippen LogP contribution in [0.25, 0.3) is 21.1 Å². The van der Waals surface area contributed by atoms with Gasteiger partial charge in [0.05, 0.1) is 22.8 Å². The van der Waals surface area contributed by atoms with Gasteiger partial charge in [-0.2, -0.15) is 0 Å². The molecule has 6 heteroatoms. The van der Waals surface area contributed by atoms with Crippen molar-refractivity contribution in [2.75, 3.05) is 12.4 Å². The molecule has 0 aliphatic rings. The molecule has 4 aromatic rings. The summed E-state index contributed by atoms with van der Waals surface area (Å²) in [6, 6.07) is 13.5. The number of anilines is 1. The molecule has 0 saturated heterocycles. The Morgan fingerprint density at radius 2 is 2.12 bits per heavy atom. The van der Waals surface area contributed by atoms with Crippen molar-refractivity contribution < 1.29 is 4.74 Å². The van der Waals surface area contributed by atoms with E-state index in [9.17, 15) is 4.79 Å². The first-order valence-electron chi connectivity index (χ1n) is 7.50. The van der Waals surface area contributed by atoms with Gasteiger partial charge < -0.3 is 15.0 Å². The Morgan fingerprint density at radius 1 is 1.21 bits per heavy atom. The fourth-order valence-corrected chi connectivity index (χ4v) is 3.37.